The van der Waals surface area contributed by atoms with Gasteiger partial charge in [0.1, 0.15) is 12.4 Å². The number of imidazole rings is 1. The first kappa shape index (κ1) is 19.4. The van der Waals surface area contributed by atoms with E-state index in [0.717, 1.165) is 0 Å². The summed E-state index contributed by atoms with van der Waals surface area (Å²) in [4.78, 5) is 0. The van der Waals surface area contributed by atoms with Gasteiger partial charge < -0.3 is 0 Å². The van der Waals surface area contributed by atoms with E-state index in [2.05, 4.69) is 117 Å². The molecule has 2 aromatic carbocycles. The average molecular weight is 386 g/mol. The van der Waals surface area contributed by atoms with Crippen LogP contribution in [0.3, 0.4) is 0 Å². The van der Waals surface area contributed by atoms with E-state index in [1.54, 1.807) is 0 Å². The second-order valence-corrected chi connectivity index (χ2v) is 8.46. The van der Waals surface area contributed by atoms with E-state index in [9.17, 15) is 0 Å². The van der Waals surface area contributed by atoms with Gasteiger partial charge in [0.2, 0.25) is 11.2 Å². The Morgan fingerprint density at radius 1 is 0.897 bits per heavy atom. The second kappa shape index (κ2) is 7.14. The molecule has 0 aliphatic heterocycles. The zero-order valence-corrected chi connectivity index (χ0v) is 18.6. The molecule has 29 heavy (non-hydrogen) atoms. The zero-order valence-electron chi connectivity index (χ0n) is 18.6. The predicted octanol–water partition coefficient (Wildman–Crippen LogP) is 5.22. The molecule has 0 amide bonds. The van der Waals surface area contributed by atoms with E-state index in [-0.39, 0.29) is 0 Å². The first-order chi connectivity index (χ1) is 13.8. The van der Waals surface area contributed by atoms with Crippen molar-refractivity contribution in [2.75, 3.05) is 0 Å². The SMILES string of the molecule is Cc1cc(C)c(-[n+]2c(C)ccc3ccccc32)c(C)c1-c1n(C(C)C)cc[n+]1C. The Kier molecular flexibility index (Phi) is 4.77. The van der Waals surface area contributed by atoms with Gasteiger partial charge in [-0.2, -0.15) is 4.57 Å². The van der Waals surface area contributed by atoms with Gasteiger partial charge >= 0.3 is 0 Å². The van der Waals surface area contributed by atoms with Crippen LogP contribution in [-0.4, -0.2) is 4.57 Å². The van der Waals surface area contributed by atoms with E-state index < -0.39 is 0 Å². The molecule has 4 aromatic rings. The molecule has 0 fully saturated rings. The Morgan fingerprint density at radius 3 is 2.34 bits per heavy atom. The molecule has 0 radical (unpaired) electrons. The van der Waals surface area contributed by atoms with Gasteiger partial charge in [0.15, 0.2) is 5.69 Å². The van der Waals surface area contributed by atoms with Crippen molar-refractivity contribution in [2.24, 2.45) is 7.05 Å². The highest BCUT2D eigenvalue weighted by atomic mass is 15.1. The number of hydrogen-bond acceptors (Lipinski definition) is 0. The third-order valence-corrected chi connectivity index (χ3v) is 6.00. The number of benzene rings is 2. The Morgan fingerprint density at radius 2 is 1.62 bits per heavy atom. The molecule has 3 nitrogen and oxygen atoms in total. The quantitative estimate of drug-likeness (QED) is 0.429. The van der Waals surface area contributed by atoms with Crippen molar-refractivity contribution in [2.45, 2.75) is 47.6 Å². The van der Waals surface area contributed by atoms with Crippen LogP contribution in [0.1, 0.15) is 42.3 Å². The molecule has 0 spiro atoms. The summed E-state index contributed by atoms with van der Waals surface area (Å²) in [6.45, 7) is 13.4. The average Bonchev–Trinajstić information content (AvgIpc) is 3.05. The summed E-state index contributed by atoms with van der Waals surface area (Å²) in [5.74, 6) is 1.26. The molecule has 4 rings (SSSR count). The summed E-state index contributed by atoms with van der Waals surface area (Å²) >= 11 is 0. The Balaban J connectivity index is 2.11. The van der Waals surface area contributed by atoms with E-state index in [1.165, 1.54) is 50.4 Å². The fraction of sp³-hybridized carbons (Fsp3) is 0.308. The number of pyridine rings is 1. The number of rotatable bonds is 3. The molecule has 0 aliphatic carbocycles. The normalized spacial score (nSPS) is 11.6. The van der Waals surface area contributed by atoms with E-state index in [0.29, 0.717) is 6.04 Å². The Labute approximate surface area is 173 Å². The topological polar surface area (TPSA) is 12.7 Å². The van der Waals surface area contributed by atoms with Gasteiger partial charge in [-0.3, -0.25) is 0 Å². The van der Waals surface area contributed by atoms with Crippen LogP contribution in [0.2, 0.25) is 0 Å². The monoisotopic (exact) mass is 385 g/mol. The first-order valence-corrected chi connectivity index (χ1v) is 10.4. The van der Waals surface area contributed by atoms with E-state index in [4.69, 9.17) is 0 Å². The summed E-state index contributed by atoms with van der Waals surface area (Å²) in [5, 5.41) is 1.26. The van der Waals surface area contributed by atoms with Crippen LogP contribution in [-0.2, 0) is 7.05 Å². The van der Waals surface area contributed by atoms with Crippen molar-refractivity contribution in [1.29, 1.82) is 0 Å². The van der Waals surface area contributed by atoms with Crippen molar-refractivity contribution in [3.05, 3.63) is 77.2 Å². The second-order valence-electron chi connectivity index (χ2n) is 8.46. The lowest BCUT2D eigenvalue weighted by molar-refractivity contribution is -0.659. The first-order valence-electron chi connectivity index (χ1n) is 10.4. The van der Waals surface area contributed by atoms with Crippen LogP contribution in [0.25, 0.3) is 28.0 Å². The molecule has 0 N–H and O–H groups in total. The lowest BCUT2D eigenvalue weighted by Crippen LogP contribution is -2.38. The van der Waals surface area contributed by atoms with Crippen LogP contribution in [0.15, 0.2) is 54.9 Å². The maximum Gasteiger partial charge on any atom is 0.289 e. The van der Waals surface area contributed by atoms with Gasteiger partial charge in [0.25, 0.3) is 5.82 Å². The largest absolute Gasteiger partial charge is 0.289 e. The number of para-hydroxylation sites is 1. The zero-order chi connectivity index (χ0) is 20.9. The summed E-state index contributed by atoms with van der Waals surface area (Å²) < 4.78 is 7.04. The van der Waals surface area contributed by atoms with Crippen molar-refractivity contribution in [3.63, 3.8) is 0 Å². The highest BCUT2D eigenvalue weighted by Crippen LogP contribution is 2.32. The summed E-state index contributed by atoms with van der Waals surface area (Å²) in [7, 11) is 2.14. The van der Waals surface area contributed by atoms with Crippen molar-refractivity contribution in [1.82, 2.24) is 4.57 Å². The van der Waals surface area contributed by atoms with Crippen LogP contribution in [0, 0.1) is 27.7 Å². The lowest BCUT2D eigenvalue weighted by Gasteiger charge is -2.15. The maximum absolute atomic E-state index is 2.42. The molecule has 3 heteroatoms. The van der Waals surface area contributed by atoms with Crippen LogP contribution in [0.5, 0.6) is 0 Å². The van der Waals surface area contributed by atoms with Gasteiger partial charge in [-0.25, -0.2) is 9.13 Å². The number of hydrogen-bond donors (Lipinski definition) is 0. The lowest BCUT2D eigenvalue weighted by atomic mass is 9.95. The van der Waals surface area contributed by atoms with Crippen molar-refractivity contribution >= 4 is 10.9 Å². The molecule has 0 atom stereocenters. The maximum atomic E-state index is 2.42. The molecule has 148 valence electrons. The van der Waals surface area contributed by atoms with Gasteiger partial charge in [-0.05, 0) is 58.4 Å². The highest BCUT2D eigenvalue weighted by molar-refractivity contribution is 5.77. The molecular formula is C26H31N3+2. The minimum absolute atomic E-state index is 0.404. The molecule has 2 heterocycles. The predicted molar refractivity (Wildman–Crippen MR) is 119 cm³/mol. The van der Waals surface area contributed by atoms with Crippen LogP contribution in [0.4, 0.5) is 0 Å². The van der Waals surface area contributed by atoms with Gasteiger partial charge in [0, 0.05) is 35.6 Å². The minimum atomic E-state index is 0.404. The fourth-order valence-corrected chi connectivity index (χ4v) is 4.68. The third kappa shape index (κ3) is 3.05. The number of fused-ring (bicyclic) bond motifs is 1. The van der Waals surface area contributed by atoms with E-state index >= 15 is 0 Å². The fourth-order valence-electron chi connectivity index (χ4n) is 4.68. The molecule has 0 aliphatic rings. The minimum Gasteiger partial charge on any atom is -0.233 e. The summed E-state index contributed by atoms with van der Waals surface area (Å²) in [5.41, 5.74) is 9.05. The number of aromatic nitrogens is 3. The Hall–Kier alpha value is -2.94. The Bertz CT molecular complexity index is 1230. The highest BCUT2D eigenvalue weighted by Gasteiger charge is 2.29. The van der Waals surface area contributed by atoms with Crippen LogP contribution < -0.4 is 9.13 Å². The van der Waals surface area contributed by atoms with Crippen LogP contribution >= 0.6 is 0 Å². The van der Waals surface area contributed by atoms with Gasteiger partial charge in [-0.1, -0.05) is 12.1 Å². The molecule has 0 saturated carbocycles. The number of aryl methyl sites for hydroxylation is 4. The molecule has 2 aromatic heterocycles. The smallest absolute Gasteiger partial charge is 0.233 e. The van der Waals surface area contributed by atoms with Crippen molar-refractivity contribution < 1.29 is 9.13 Å². The number of nitrogens with zero attached hydrogens (tertiary/aromatic N) is 3. The van der Waals surface area contributed by atoms with E-state index in [1.807, 2.05) is 0 Å². The van der Waals surface area contributed by atoms with Crippen molar-refractivity contribution in [3.8, 4) is 17.1 Å². The molecule has 0 saturated heterocycles. The van der Waals surface area contributed by atoms with Gasteiger partial charge in [0.05, 0.1) is 18.7 Å². The molecular weight excluding hydrogens is 354 g/mol. The van der Waals surface area contributed by atoms with Gasteiger partial charge in [-0.15, -0.1) is 0 Å². The third-order valence-electron chi connectivity index (χ3n) is 6.00. The summed E-state index contributed by atoms with van der Waals surface area (Å²) in [6, 6.07) is 15.8. The molecule has 0 unspecified atom stereocenters. The standard InChI is InChI=1S/C26H31N3/c1-17(2)28-15-14-27(7)26(28)24-18(3)16-19(4)25(21(24)6)29-20(5)12-13-22-10-8-9-11-23(22)29/h8-17H,1-7H3/q+2. The summed E-state index contributed by atoms with van der Waals surface area (Å²) in [6.07, 6.45) is 4.35. The molecule has 0 bridgehead atoms.